The van der Waals surface area contributed by atoms with Crippen molar-refractivity contribution in [1.29, 1.82) is 0 Å². The topological polar surface area (TPSA) is 42.0 Å². The average molecular weight is 226 g/mol. The summed E-state index contributed by atoms with van der Waals surface area (Å²) in [5.74, 6) is 0.0785. The predicted molar refractivity (Wildman–Crippen MR) is 58.9 cm³/mol. The van der Waals surface area contributed by atoms with Gasteiger partial charge in [-0.15, -0.1) is 0 Å². The molecule has 90 valence electrons. The first-order valence-corrected chi connectivity index (χ1v) is 5.73. The number of carbonyl (C=O) groups excluding carboxylic acids is 1. The maximum Gasteiger partial charge on any atom is 0.248 e. The molecular weight excluding hydrogens is 208 g/mol. The Labute approximate surface area is 95.6 Å². The van der Waals surface area contributed by atoms with Gasteiger partial charge >= 0.3 is 0 Å². The van der Waals surface area contributed by atoms with Crippen LogP contribution in [-0.2, 0) is 14.3 Å². The molecule has 0 aromatic carbocycles. The van der Waals surface area contributed by atoms with Crippen LogP contribution >= 0.6 is 0 Å². The van der Waals surface area contributed by atoms with Gasteiger partial charge in [-0.25, -0.2) is 0 Å². The highest BCUT2D eigenvalue weighted by molar-refractivity contribution is 5.87. The van der Waals surface area contributed by atoms with Gasteiger partial charge in [0.2, 0.25) is 5.91 Å². The molecule has 16 heavy (non-hydrogen) atoms. The molecule has 5 heteroatoms. The zero-order valence-corrected chi connectivity index (χ0v) is 9.43. The van der Waals surface area contributed by atoms with Crippen LogP contribution in [0.15, 0.2) is 12.3 Å². The first-order chi connectivity index (χ1) is 7.86. The second kappa shape index (κ2) is 5.86. The Bertz CT molecular complexity index is 256. The summed E-state index contributed by atoms with van der Waals surface area (Å²) in [6.07, 6.45) is 3.52. The van der Waals surface area contributed by atoms with Crippen LogP contribution in [0.4, 0.5) is 0 Å². The summed E-state index contributed by atoms with van der Waals surface area (Å²) in [6.45, 7) is 5.93. The van der Waals surface area contributed by atoms with Crippen LogP contribution < -0.4 is 0 Å². The number of nitrogens with zero attached hydrogens (tertiary/aromatic N) is 2. The van der Waals surface area contributed by atoms with Crippen LogP contribution in [0, 0.1) is 0 Å². The van der Waals surface area contributed by atoms with Gasteiger partial charge in [0.1, 0.15) is 0 Å². The van der Waals surface area contributed by atoms with Crippen LogP contribution in [0.2, 0.25) is 0 Å². The highest BCUT2D eigenvalue weighted by Gasteiger charge is 2.14. The van der Waals surface area contributed by atoms with Gasteiger partial charge < -0.3 is 19.3 Å². The van der Waals surface area contributed by atoms with Gasteiger partial charge in [-0.3, -0.25) is 4.79 Å². The Balaban J connectivity index is 1.78. The molecule has 2 aliphatic heterocycles. The molecule has 0 atom stereocenters. The van der Waals surface area contributed by atoms with Gasteiger partial charge in [-0.2, -0.15) is 0 Å². The van der Waals surface area contributed by atoms with Crippen LogP contribution in [0.1, 0.15) is 0 Å². The Morgan fingerprint density at radius 2 is 1.50 bits per heavy atom. The monoisotopic (exact) mass is 226 g/mol. The number of hydrogen-bond acceptors (Lipinski definition) is 4. The number of carbonyl (C=O) groups is 1. The third kappa shape index (κ3) is 3.21. The molecule has 2 saturated heterocycles. The maximum absolute atomic E-state index is 11.8. The van der Waals surface area contributed by atoms with Gasteiger partial charge in [0.25, 0.3) is 0 Å². The Kier molecular flexibility index (Phi) is 4.18. The van der Waals surface area contributed by atoms with Gasteiger partial charge in [0, 0.05) is 38.5 Å². The van der Waals surface area contributed by atoms with Gasteiger partial charge in [0.05, 0.1) is 26.4 Å². The summed E-state index contributed by atoms with van der Waals surface area (Å²) in [5.41, 5.74) is 0. The molecule has 2 aliphatic rings. The van der Waals surface area contributed by atoms with Crippen LogP contribution in [-0.4, -0.2) is 68.3 Å². The summed E-state index contributed by atoms with van der Waals surface area (Å²) in [5, 5.41) is 0. The van der Waals surface area contributed by atoms with Crippen molar-refractivity contribution in [3.63, 3.8) is 0 Å². The molecule has 5 nitrogen and oxygen atoms in total. The largest absolute Gasteiger partial charge is 0.378 e. The van der Waals surface area contributed by atoms with E-state index in [2.05, 4.69) is 4.90 Å². The molecule has 0 radical (unpaired) electrons. The lowest BCUT2D eigenvalue weighted by Crippen LogP contribution is -2.40. The van der Waals surface area contributed by atoms with E-state index in [1.54, 1.807) is 6.08 Å². The summed E-state index contributed by atoms with van der Waals surface area (Å²) in [4.78, 5) is 15.7. The lowest BCUT2D eigenvalue weighted by atomic mass is 10.3. The van der Waals surface area contributed by atoms with E-state index in [-0.39, 0.29) is 5.91 Å². The van der Waals surface area contributed by atoms with Crippen molar-refractivity contribution in [3.8, 4) is 0 Å². The summed E-state index contributed by atoms with van der Waals surface area (Å²) in [7, 11) is 0. The fourth-order valence-electron chi connectivity index (χ4n) is 1.78. The summed E-state index contributed by atoms with van der Waals surface area (Å²) >= 11 is 0. The molecule has 0 N–H and O–H groups in total. The minimum absolute atomic E-state index is 0.0785. The van der Waals surface area contributed by atoms with E-state index in [1.165, 1.54) is 0 Å². The zero-order chi connectivity index (χ0) is 11.2. The normalized spacial score (nSPS) is 22.8. The summed E-state index contributed by atoms with van der Waals surface area (Å²) in [6, 6.07) is 0. The van der Waals surface area contributed by atoms with E-state index < -0.39 is 0 Å². The second-order valence-electron chi connectivity index (χ2n) is 3.90. The maximum atomic E-state index is 11.8. The summed E-state index contributed by atoms with van der Waals surface area (Å²) < 4.78 is 10.4. The Morgan fingerprint density at radius 3 is 2.12 bits per heavy atom. The molecule has 0 spiro atoms. The van der Waals surface area contributed by atoms with E-state index in [1.807, 2.05) is 11.1 Å². The number of amides is 1. The van der Waals surface area contributed by atoms with E-state index in [9.17, 15) is 4.79 Å². The second-order valence-corrected chi connectivity index (χ2v) is 3.90. The highest BCUT2D eigenvalue weighted by atomic mass is 16.5. The van der Waals surface area contributed by atoms with Crippen molar-refractivity contribution in [3.05, 3.63) is 12.3 Å². The molecule has 2 heterocycles. The molecule has 0 bridgehead atoms. The molecule has 0 aromatic heterocycles. The first kappa shape index (κ1) is 11.4. The van der Waals surface area contributed by atoms with Crippen molar-refractivity contribution in [2.24, 2.45) is 0 Å². The molecule has 0 aromatic rings. The fraction of sp³-hybridized carbons (Fsp3) is 0.727. The molecule has 0 unspecified atom stereocenters. The van der Waals surface area contributed by atoms with Crippen LogP contribution in [0.5, 0.6) is 0 Å². The molecule has 0 aliphatic carbocycles. The lowest BCUT2D eigenvalue weighted by molar-refractivity contribution is -0.130. The van der Waals surface area contributed by atoms with Crippen molar-refractivity contribution < 1.29 is 14.3 Å². The Morgan fingerprint density at radius 1 is 0.938 bits per heavy atom. The van der Waals surface area contributed by atoms with E-state index in [0.717, 1.165) is 26.3 Å². The number of rotatable bonds is 2. The van der Waals surface area contributed by atoms with Crippen molar-refractivity contribution in [2.45, 2.75) is 0 Å². The van der Waals surface area contributed by atoms with Crippen LogP contribution in [0.25, 0.3) is 0 Å². The van der Waals surface area contributed by atoms with Crippen molar-refractivity contribution >= 4 is 5.91 Å². The lowest BCUT2D eigenvalue weighted by Gasteiger charge is -2.27. The van der Waals surface area contributed by atoms with Crippen molar-refractivity contribution in [1.82, 2.24) is 9.80 Å². The predicted octanol–water partition coefficient (Wildman–Crippen LogP) is -0.309. The van der Waals surface area contributed by atoms with Crippen LogP contribution in [0.3, 0.4) is 0 Å². The molecule has 1 amide bonds. The Hall–Kier alpha value is -1.07. The van der Waals surface area contributed by atoms with Gasteiger partial charge in [0.15, 0.2) is 0 Å². The van der Waals surface area contributed by atoms with Crippen molar-refractivity contribution in [2.75, 3.05) is 52.6 Å². The molecular formula is C11H18N2O3. The van der Waals surface area contributed by atoms with E-state index in [0.29, 0.717) is 26.3 Å². The number of ether oxygens (including phenoxy) is 2. The standard InChI is InChI=1S/C11H18N2O3/c14-11(13-5-9-16-10-6-13)1-2-12-3-7-15-8-4-12/h1-2H,3-10H2. The highest BCUT2D eigenvalue weighted by Crippen LogP contribution is 2.01. The molecule has 0 saturated carbocycles. The molecule has 2 fully saturated rings. The SMILES string of the molecule is O=C(C=CN1CCOCC1)N1CCOCC1. The third-order valence-electron chi connectivity index (χ3n) is 2.80. The number of morpholine rings is 2. The first-order valence-electron chi connectivity index (χ1n) is 5.73. The van der Waals surface area contributed by atoms with E-state index in [4.69, 9.17) is 9.47 Å². The number of hydrogen-bond donors (Lipinski definition) is 0. The quantitative estimate of drug-likeness (QED) is 0.606. The smallest absolute Gasteiger partial charge is 0.248 e. The van der Waals surface area contributed by atoms with Gasteiger partial charge in [-0.1, -0.05) is 0 Å². The minimum Gasteiger partial charge on any atom is -0.378 e. The van der Waals surface area contributed by atoms with Gasteiger partial charge in [-0.05, 0) is 0 Å². The third-order valence-corrected chi connectivity index (χ3v) is 2.80. The van der Waals surface area contributed by atoms with E-state index >= 15 is 0 Å². The zero-order valence-electron chi connectivity index (χ0n) is 9.43. The minimum atomic E-state index is 0.0785. The molecule has 2 rings (SSSR count). The fourth-order valence-corrected chi connectivity index (χ4v) is 1.78. The average Bonchev–Trinajstić information content (AvgIpc) is 2.38.